The van der Waals surface area contributed by atoms with Gasteiger partial charge >= 0.3 is 0 Å². The zero-order chi connectivity index (χ0) is 23.5. The van der Waals surface area contributed by atoms with Crippen molar-refractivity contribution in [2.75, 3.05) is 19.0 Å². The molecule has 0 aliphatic heterocycles. The number of nitrogens with zero attached hydrogens (tertiary/aromatic N) is 2. The summed E-state index contributed by atoms with van der Waals surface area (Å²) >= 11 is 4.77. The number of methoxy groups -OCH3 is 1. The summed E-state index contributed by atoms with van der Waals surface area (Å²) in [5.74, 6) is 1.37. The van der Waals surface area contributed by atoms with Gasteiger partial charge in [-0.3, -0.25) is 4.79 Å². The molecule has 0 aromatic heterocycles. The second-order valence-corrected chi connectivity index (χ2v) is 8.62. The third-order valence-electron chi connectivity index (χ3n) is 4.27. The average Bonchev–Trinajstić information content (AvgIpc) is 2.84. The maximum absolute atomic E-state index is 12.1. The van der Waals surface area contributed by atoms with E-state index in [1.54, 1.807) is 36.5 Å². The van der Waals surface area contributed by atoms with Gasteiger partial charge in [-0.1, -0.05) is 58.0 Å². The quantitative estimate of drug-likeness (QED) is 0.230. The molecule has 0 saturated carbocycles. The Kier molecular flexibility index (Phi) is 9.34. The number of ether oxygens (including phenoxy) is 2. The molecule has 0 radical (unpaired) electrons. The highest BCUT2D eigenvalue weighted by molar-refractivity contribution is 9.10. The normalized spacial score (nSPS) is 11.4. The van der Waals surface area contributed by atoms with Crippen molar-refractivity contribution >= 4 is 50.7 Å². The number of thioether (sulfide) groups is 1. The fraction of sp³-hybridized carbons (Fsp3) is 0.125. The van der Waals surface area contributed by atoms with Crippen LogP contribution in [0, 0.1) is 0 Å². The van der Waals surface area contributed by atoms with Crippen LogP contribution in [-0.2, 0) is 10.5 Å². The summed E-state index contributed by atoms with van der Waals surface area (Å²) < 4.78 is 11.9. The molecule has 3 rings (SSSR count). The Labute approximate surface area is 205 Å². The van der Waals surface area contributed by atoms with Crippen molar-refractivity contribution < 1.29 is 14.3 Å². The van der Waals surface area contributed by atoms with Gasteiger partial charge < -0.3 is 20.5 Å². The molecular formula is C24H23BrN4O3S. The summed E-state index contributed by atoms with van der Waals surface area (Å²) in [6.45, 7) is -0.153. The van der Waals surface area contributed by atoms with Gasteiger partial charge in [0.15, 0.2) is 23.3 Å². The van der Waals surface area contributed by atoms with E-state index in [0.29, 0.717) is 22.4 Å². The highest BCUT2D eigenvalue weighted by atomic mass is 79.9. The molecule has 0 saturated heterocycles. The first-order chi connectivity index (χ1) is 16.0. The lowest BCUT2D eigenvalue weighted by Gasteiger charge is -2.11. The van der Waals surface area contributed by atoms with Gasteiger partial charge in [-0.2, -0.15) is 5.10 Å². The van der Waals surface area contributed by atoms with Crippen molar-refractivity contribution in [3.63, 3.8) is 0 Å². The van der Waals surface area contributed by atoms with E-state index < -0.39 is 0 Å². The summed E-state index contributed by atoms with van der Waals surface area (Å²) in [4.78, 5) is 12.1. The molecule has 33 heavy (non-hydrogen) atoms. The Bertz CT molecular complexity index is 1120. The van der Waals surface area contributed by atoms with Crippen LogP contribution in [0.3, 0.4) is 0 Å². The fourth-order valence-electron chi connectivity index (χ4n) is 2.67. The lowest BCUT2D eigenvalue weighted by molar-refractivity contribution is -0.118. The average molecular weight is 527 g/mol. The highest BCUT2D eigenvalue weighted by Crippen LogP contribution is 2.27. The third kappa shape index (κ3) is 8.28. The molecule has 0 bridgehead atoms. The molecule has 7 nitrogen and oxygen atoms in total. The van der Waals surface area contributed by atoms with E-state index in [0.717, 1.165) is 21.4 Å². The molecule has 1 amide bonds. The molecule has 0 aliphatic rings. The molecule has 0 fully saturated rings. The van der Waals surface area contributed by atoms with Crippen molar-refractivity contribution in [3.05, 3.63) is 88.4 Å². The largest absolute Gasteiger partial charge is 0.493 e. The molecule has 3 N–H and O–H groups in total. The summed E-state index contributed by atoms with van der Waals surface area (Å²) in [6, 6.07) is 22.5. The summed E-state index contributed by atoms with van der Waals surface area (Å²) in [7, 11) is 1.53. The number of nitrogens with two attached hydrogens (primary N) is 1. The standard InChI is InChI=1S/C24H23BrN4O3S/c1-31-22-13-18(14-27-29-24(26)33-16-17-5-3-2-4-6-17)7-12-21(22)32-15-23(30)28-20-10-8-19(25)9-11-20/h2-14H,15-16H2,1H3,(H2,26,29)(H,28,30). The number of benzene rings is 3. The Morgan fingerprint density at radius 1 is 1.09 bits per heavy atom. The van der Waals surface area contributed by atoms with Gasteiger partial charge in [0, 0.05) is 15.9 Å². The molecule has 3 aromatic carbocycles. The number of nitrogens with one attached hydrogen (secondary N) is 1. The molecule has 3 aromatic rings. The van der Waals surface area contributed by atoms with Crippen LogP contribution in [0.15, 0.2) is 87.5 Å². The SMILES string of the molecule is COc1cc(C=NN=C(N)SCc2ccccc2)ccc1OCC(=O)Nc1ccc(Br)cc1. The Hall–Kier alpha value is -3.30. The Balaban J connectivity index is 1.52. The van der Waals surface area contributed by atoms with E-state index in [2.05, 4.69) is 31.4 Å². The number of halogens is 1. The van der Waals surface area contributed by atoms with Crippen LogP contribution in [0.2, 0.25) is 0 Å². The fourth-order valence-corrected chi connectivity index (χ4v) is 3.55. The lowest BCUT2D eigenvalue weighted by atomic mass is 10.2. The first-order valence-electron chi connectivity index (χ1n) is 9.93. The van der Waals surface area contributed by atoms with Crippen LogP contribution in [0.5, 0.6) is 11.5 Å². The van der Waals surface area contributed by atoms with Crippen LogP contribution in [0.4, 0.5) is 5.69 Å². The topological polar surface area (TPSA) is 98.3 Å². The number of carbonyl (C=O) groups is 1. The summed E-state index contributed by atoms with van der Waals surface area (Å²) in [5, 5.41) is 11.2. The van der Waals surface area contributed by atoms with Gasteiger partial charge in [-0.25, -0.2) is 0 Å². The second kappa shape index (κ2) is 12.7. The molecule has 0 unspecified atom stereocenters. The van der Waals surface area contributed by atoms with E-state index in [4.69, 9.17) is 15.2 Å². The van der Waals surface area contributed by atoms with E-state index in [-0.39, 0.29) is 12.5 Å². The van der Waals surface area contributed by atoms with E-state index in [9.17, 15) is 4.79 Å². The van der Waals surface area contributed by atoms with Crippen molar-refractivity contribution in [2.24, 2.45) is 15.9 Å². The van der Waals surface area contributed by atoms with Crippen molar-refractivity contribution in [1.29, 1.82) is 0 Å². The van der Waals surface area contributed by atoms with Crippen LogP contribution >= 0.6 is 27.7 Å². The smallest absolute Gasteiger partial charge is 0.262 e. The predicted octanol–water partition coefficient (Wildman–Crippen LogP) is 5.06. The molecule has 170 valence electrons. The summed E-state index contributed by atoms with van der Waals surface area (Å²) in [5.41, 5.74) is 8.51. The minimum Gasteiger partial charge on any atom is -0.493 e. The number of rotatable bonds is 9. The predicted molar refractivity (Wildman–Crippen MR) is 138 cm³/mol. The zero-order valence-corrected chi connectivity index (χ0v) is 20.3. The molecule has 0 heterocycles. The number of hydrogen-bond donors (Lipinski definition) is 2. The van der Waals surface area contributed by atoms with Crippen LogP contribution in [0.1, 0.15) is 11.1 Å². The first kappa shape index (κ1) is 24.3. The third-order valence-corrected chi connectivity index (χ3v) is 5.65. The Morgan fingerprint density at radius 3 is 2.58 bits per heavy atom. The van der Waals surface area contributed by atoms with E-state index in [1.807, 2.05) is 42.5 Å². The minimum atomic E-state index is -0.275. The molecule has 0 atom stereocenters. The van der Waals surface area contributed by atoms with Crippen molar-refractivity contribution in [1.82, 2.24) is 0 Å². The van der Waals surface area contributed by atoms with Crippen LogP contribution < -0.4 is 20.5 Å². The monoisotopic (exact) mass is 526 g/mol. The van der Waals surface area contributed by atoms with Crippen molar-refractivity contribution in [3.8, 4) is 11.5 Å². The van der Waals surface area contributed by atoms with Crippen molar-refractivity contribution in [2.45, 2.75) is 5.75 Å². The molecule has 0 spiro atoms. The zero-order valence-electron chi connectivity index (χ0n) is 17.9. The highest BCUT2D eigenvalue weighted by Gasteiger charge is 2.09. The minimum absolute atomic E-state index is 0.153. The molecule has 9 heteroatoms. The maximum atomic E-state index is 12.1. The van der Waals surface area contributed by atoms with Gasteiger partial charge in [-0.15, -0.1) is 5.10 Å². The van der Waals surface area contributed by atoms with Gasteiger partial charge in [0.05, 0.1) is 13.3 Å². The van der Waals surface area contributed by atoms with Gasteiger partial charge in [0.2, 0.25) is 0 Å². The van der Waals surface area contributed by atoms with Crippen LogP contribution in [0.25, 0.3) is 0 Å². The Morgan fingerprint density at radius 2 is 1.85 bits per heavy atom. The first-order valence-corrected chi connectivity index (χ1v) is 11.7. The maximum Gasteiger partial charge on any atom is 0.262 e. The number of carbonyl (C=O) groups excluding carboxylic acids is 1. The number of hydrogen-bond acceptors (Lipinski definition) is 6. The van der Waals surface area contributed by atoms with Gasteiger partial charge in [0.1, 0.15) is 0 Å². The van der Waals surface area contributed by atoms with E-state index in [1.165, 1.54) is 18.9 Å². The second-order valence-electron chi connectivity index (χ2n) is 6.71. The lowest BCUT2D eigenvalue weighted by Crippen LogP contribution is -2.20. The van der Waals surface area contributed by atoms with Crippen LogP contribution in [-0.4, -0.2) is 31.0 Å². The van der Waals surface area contributed by atoms with Gasteiger partial charge in [-0.05, 0) is 53.6 Å². The number of anilines is 1. The molecule has 0 aliphatic carbocycles. The summed E-state index contributed by atoms with van der Waals surface area (Å²) in [6.07, 6.45) is 1.57. The van der Waals surface area contributed by atoms with Gasteiger partial charge in [0.25, 0.3) is 5.91 Å². The van der Waals surface area contributed by atoms with E-state index >= 15 is 0 Å². The molecular weight excluding hydrogens is 504 g/mol. The number of amidine groups is 1. The number of amides is 1.